The highest BCUT2D eigenvalue weighted by atomic mass is 16.2. The third-order valence-electron chi connectivity index (χ3n) is 7.67. The summed E-state index contributed by atoms with van der Waals surface area (Å²) in [5, 5.41) is 7.58. The second kappa shape index (κ2) is 9.93. The quantitative estimate of drug-likeness (QED) is 0.366. The molecule has 2 N–H and O–H groups in total. The fourth-order valence-corrected chi connectivity index (χ4v) is 5.76. The van der Waals surface area contributed by atoms with Gasteiger partial charge in [0, 0.05) is 42.4 Å². The van der Waals surface area contributed by atoms with Gasteiger partial charge < -0.3 is 20.4 Å². The summed E-state index contributed by atoms with van der Waals surface area (Å²) in [6.07, 6.45) is 6.49. The van der Waals surface area contributed by atoms with Crippen molar-refractivity contribution >= 4 is 39.9 Å². The zero-order valence-electron chi connectivity index (χ0n) is 22.2. The summed E-state index contributed by atoms with van der Waals surface area (Å²) in [6.45, 7) is 8.68. The second-order valence-corrected chi connectivity index (χ2v) is 10.4. The maximum Gasteiger partial charge on any atom is 0.322 e. The van der Waals surface area contributed by atoms with E-state index in [4.69, 9.17) is 4.98 Å². The molecule has 8 heteroatoms. The molecular formula is C30H33N7O. The van der Waals surface area contributed by atoms with Gasteiger partial charge in [0.25, 0.3) is 0 Å². The van der Waals surface area contributed by atoms with E-state index in [-0.39, 0.29) is 12.1 Å². The van der Waals surface area contributed by atoms with Gasteiger partial charge in [0.05, 0.1) is 29.3 Å². The number of piperidine rings is 1. The van der Waals surface area contributed by atoms with E-state index in [0.29, 0.717) is 5.95 Å². The van der Waals surface area contributed by atoms with Gasteiger partial charge in [-0.05, 0) is 69.4 Å². The highest BCUT2D eigenvalue weighted by molar-refractivity contribution is 5.95. The standard InChI is InChI=1S/C30H33N7O/c1-19-14-20(2)28-25(15-19)27(16-21(3)33-28)34-29-31-17-24(18-32-29)36-11-9-23(10-12-36)37-13-8-22-6-4-5-7-26(22)35-30(37)38/h4-7,14-18,23H,8-13H2,1-3H3,(H,35,38)(H,31,32,33,34). The molecule has 4 aromatic rings. The number of amides is 2. The molecule has 1 fully saturated rings. The molecule has 38 heavy (non-hydrogen) atoms. The smallest absolute Gasteiger partial charge is 0.322 e. The first-order chi connectivity index (χ1) is 18.4. The molecule has 2 amide bonds. The van der Waals surface area contributed by atoms with Gasteiger partial charge in [0.1, 0.15) is 0 Å². The van der Waals surface area contributed by atoms with Gasteiger partial charge in [-0.3, -0.25) is 4.98 Å². The van der Waals surface area contributed by atoms with E-state index in [9.17, 15) is 4.79 Å². The minimum atomic E-state index is 0.0106. The van der Waals surface area contributed by atoms with Crippen LogP contribution in [0.2, 0.25) is 0 Å². The maximum absolute atomic E-state index is 12.9. The van der Waals surface area contributed by atoms with Gasteiger partial charge in [-0.15, -0.1) is 0 Å². The van der Waals surface area contributed by atoms with Crippen molar-refractivity contribution in [3.05, 3.63) is 77.2 Å². The highest BCUT2D eigenvalue weighted by Gasteiger charge is 2.30. The number of rotatable bonds is 4. The number of pyridine rings is 1. The summed E-state index contributed by atoms with van der Waals surface area (Å²) >= 11 is 0. The summed E-state index contributed by atoms with van der Waals surface area (Å²) in [5.74, 6) is 0.565. The van der Waals surface area contributed by atoms with Crippen molar-refractivity contribution in [3.63, 3.8) is 0 Å². The van der Waals surface area contributed by atoms with Crippen LogP contribution in [0.4, 0.5) is 27.8 Å². The lowest BCUT2D eigenvalue weighted by Gasteiger charge is -2.38. The number of carbonyl (C=O) groups is 1. The van der Waals surface area contributed by atoms with Crippen molar-refractivity contribution in [1.29, 1.82) is 0 Å². The molecule has 0 spiro atoms. The molecule has 1 saturated heterocycles. The monoisotopic (exact) mass is 507 g/mol. The Morgan fingerprint density at radius 1 is 0.974 bits per heavy atom. The zero-order chi connectivity index (χ0) is 26.2. The number of para-hydroxylation sites is 1. The van der Waals surface area contributed by atoms with E-state index in [1.54, 1.807) is 0 Å². The lowest BCUT2D eigenvalue weighted by atomic mass is 10.0. The van der Waals surface area contributed by atoms with Crippen LogP contribution in [-0.4, -0.2) is 51.6 Å². The molecule has 0 unspecified atom stereocenters. The first-order valence-corrected chi connectivity index (χ1v) is 13.3. The van der Waals surface area contributed by atoms with Gasteiger partial charge in [0.2, 0.25) is 5.95 Å². The Hall–Kier alpha value is -4.20. The van der Waals surface area contributed by atoms with Crippen molar-refractivity contribution in [2.45, 2.75) is 46.1 Å². The van der Waals surface area contributed by atoms with Crippen LogP contribution in [0.3, 0.4) is 0 Å². The summed E-state index contributed by atoms with van der Waals surface area (Å²) in [5.41, 5.74) is 8.41. The third-order valence-corrected chi connectivity index (χ3v) is 7.67. The largest absolute Gasteiger partial charge is 0.369 e. The molecule has 2 aromatic heterocycles. The number of anilines is 4. The topological polar surface area (TPSA) is 86.3 Å². The molecule has 0 bridgehead atoms. The number of benzene rings is 2. The molecule has 0 saturated carbocycles. The van der Waals surface area contributed by atoms with Crippen LogP contribution < -0.4 is 15.5 Å². The van der Waals surface area contributed by atoms with Gasteiger partial charge in [-0.25, -0.2) is 14.8 Å². The Morgan fingerprint density at radius 3 is 2.53 bits per heavy atom. The number of aryl methyl sites for hydroxylation is 3. The normalized spacial score (nSPS) is 16.2. The van der Waals surface area contributed by atoms with Crippen LogP contribution in [0.25, 0.3) is 10.9 Å². The second-order valence-electron chi connectivity index (χ2n) is 10.4. The molecule has 0 aliphatic carbocycles. The zero-order valence-corrected chi connectivity index (χ0v) is 22.2. The van der Waals surface area contributed by atoms with E-state index < -0.39 is 0 Å². The maximum atomic E-state index is 12.9. The number of urea groups is 1. The Morgan fingerprint density at radius 2 is 1.74 bits per heavy atom. The van der Waals surface area contributed by atoms with Crippen molar-refractivity contribution in [2.75, 3.05) is 35.2 Å². The first kappa shape index (κ1) is 24.2. The fourth-order valence-electron chi connectivity index (χ4n) is 5.76. The SMILES string of the molecule is Cc1cc(C)c2nc(C)cc(Nc3ncc(N4CCC(N5CCc6ccccc6NC5=O)CC4)cn3)c2c1. The van der Waals surface area contributed by atoms with Crippen LogP contribution in [0.1, 0.15) is 35.2 Å². The minimum Gasteiger partial charge on any atom is -0.369 e. The molecule has 2 aliphatic rings. The molecular weight excluding hydrogens is 474 g/mol. The van der Waals surface area contributed by atoms with E-state index in [0.717, 1.165) is 78.1 Å². The van der Waals surface area contributed by atoms with Gasteiger partial charge in [-0.2, -0.15) is 0 Å². The van der Waals surface area contributed by atoms with Crippen molar-refractivity contribution in [2.24, 2.45) is 0 Å². The lowest BCUT2D eigenvalue weighted by molar-refractivity contribution is 0.177. The number of nitrogens with one attached hydrogen (secondary N) is 2. The van der Waals surface area contributed by atoms with Crippen LogP contribution in [0.15, 0.2) is 54.9 Å². The summed E-state index contributed by atoms with van der Waals surface area (Å²) < 4.78 is 0. The minimum absolute atomic E-state index is 0.0106. The highest BCUT2D eigenvalue weighted by Crippen LogP contribution is 2.30. The van der Waals surface area contributed by atoms with Crippen LogP contribution in [0, 0.1) is 20.8 Å². The van der Waals surface area contributed by atoms with Crippen molar-refractivity contribution in [1.82, 2.24) is 19.9 Å². The predicted octanol–water partition coefficient (Wildman–Crippen LogP) is 5.75. The summed E-state index contributed by atoms with van der Waals surface area (Å²) in [6, 6.07) is 14.7. The number of carbonyl (C=O) groups excluding carboxylic acids is 1. The molecule has 194 valence electrons. The molecule has 2 aromatic carbocycles. The molecule has 0 atom stereocenters. The summed E-state index contributed by atoms with van der Waals surface area (Å²) in [7, 11) is 0. The van der Waals surface area contributed by atoms with Gasteiger partial charge >= 0.3 is 6.03 Å². The number of fused-ring (bicyclic) bond motifs is 2. The Kier molecular flexibility index (Phi) is 6.31. The van der Waals surface area contributed by atoms with Crippen LogP contribution in [0.5, 0.6) is 0 Å². The van der Waals surface area contributed by atoms with Crippen molar-refractivity contribution in [3.8, 4) is 0 Å². The summed E-state index contributed by atoms with van der Waals surface area (Å²) in [4.78, 5) is 31.2. The van der Waals surface area contributed by atoms with Crippen LogP contribution in [-0.2, 0) is 6.42 Å². The number of nitrogens with zero attached hydrogens (tertiary/aromatic N) is 5. The van der Waals surface area contributed by atoms with E-state index >= 15 is 0 Å². The molecule has 6 rings (SSSR count). The van der Waals surface area contributed by atoms with Gasteiger partial charge in [0.15, 0.2) is 0 Å². The van der Waals surface area contributed by atoms with E-state index in [2.05, 4.69) is 57.5 Å². The van der Waals surface area contributed by atoms with Crippen LogP contribution >= 0.6 is 0 Å². The number of hydrogen-bond donors (Lipinski definition) is 2. The average Bonchev–Trinajstić information content (AvgIpc) is 3.08. The predicted molar refractivity (Wildman–Crippen MR) is 152 cm³/mol. The fraction of sp³-hybridized carbons (Fsp3) is 0.333. The Balaban J connectivity index is 1.11. The van der Waals surface area contributed by atoms with Gasteiger partial charge in [-0.1, -0.05) is 29.8 Å². The Labute approximate surface area is 223 Å². The van der Waals surface area contributed by atoms with Crippen molar-refractivity contribution < 1.29 is 4.79 Å². The first-order valence-electron chi connectivity index (χ1n) is 13.3. The molecule has 0 radical (unpaired) electrons. The lowest BCUT2D eigenvalue weighted by Crippen LogP contribution is -2.49. The molecule has 2 aliphatic heterocycles. The Bertz CT molecular complexity index is 1490. The van der Waals surface area contributed by atoms with E-state index in [1.807, 2.05) is 48.5 Å². The number of aromatic nitrogens is 3. The molecule has 4 heterocycles. The molecule has 8 nitrogen and oxygen atoms in total. The third kappa shape index (κ3) is 4.74. The number of hydrogen-bond acceptors (Lipinski definition) is 6. The average molecular weight is 508 g/mol. The van der Waals surface area contributed by atoms with E-state index in [1.165, 1.54) is 11.1 Å².